The Balaban J connectivity index is 2.60. The minimum atomic E-state index is -0.608. The summed E-state index contributed by atoms with van der Waals surface area (Å²) in [6, 6.07) is 2.97. The van der Waals surface area contributed by atoms with Gasteiger partial charge in [-0.15, -0.1) is 0 Å². The van der Waals surface area contributed by atoms with Gasteiger partial charge in [0, 0.05) is 11.6 Å². The van der Waals surface area contributed by atoms with Gasteiger partial charge in [0.2, 0.25) is 6.08 Å². The molecule has 1 aliphatic carbocycles. The number of isocyanates is 1. The summed E-state index contributed by atoms with van der Waals surface area (Å²) in [5.74, 6) is 0.0374. The van der Waals surface area contributed by atoms with Crippen molar-refractivity contribution in [2.75, 3.05) is 7.11 Å². The van der Waals surface area contributed by atoms with Crippen molar-refractivity contribution in [2.24, 2.45) is 4.99 Å². The van der Waals surface area contributed by atoms with Crippen molar-refractivity contribution >= 4 is 22.0 Å². The van der Waals surface area contributed by atoms with Crippen LogP contribution >= 0.6 is 15.9 Å². The summed E-state index contributed by atoms with van der Waals surface area (Å²) in [5, 5.41) is 0. The smallest absolute Gasteiger partial charge is 0.235 e. The van der Waals surface area contributed by atoms with Crippen LogP contribution in [0.1, 0.15) is 31.2 Å². The number of hydrogen-bond donors (Lipinski definition) is 0. The van der Waals surface area contributed by atoms with E-state index in [-0.39, 0.29) is 5.82 Å². The average molecular weight is 314 g/mol. The Labute approximate surface area is 113 Å². The normalized spacial score (nSPS) is 17.3. The molecule has 1 aromatic carbocycles. The molecule has 2 rings (SSSR count). The quantitative estimate of drug-likeness (QED) is 0.630. The van der Waals surface area contributed by atoms with Crippen LogP contribution in [-0.2, 0) is 10.3 Å². The van der Waals surface area contributed by atoms with Gasteiger partial charge in [-0.3, -0.25) is 0 Å². The number of benzene rings is 1. The molecule has 0 atom stereocenters. The van der Waals surface area contributed by atoms with E-state index < -0.39 is 5.54 Å². The molecule has 1 aromatic rings. The highest BCUT2D eigenvalue weighted by atomic mass is 79.9. The monoisotopic (exact) mass is 313 g/mol. The first kappa shape index (κ1) is 13.2. The van der Waals surface area contributed by atoms with Gasteiger partial charge in [-0.2, -0.15) is 4.99 Å². The first-order valence-corrected chi connectivity index (χ1v) is 6.55. The first-order valence-electron chi connectivity index (χ1n) is 5.75. The zero-order valence-corrected chi connectivity index (χ0v) is 11.6. The van der Waals surface area contributed by atoms with Crippen LogP contribution in [0.15, 0.2) is 21.6 Å². The summed E-state index contributed by atoms with van der Waals surface area (Å²) < 4.78 is 19.1. The van der Waals surface area contributed by atoms with Gasteiger partial charge in [-0.25, -0.2) is 9.18 Å². The van der Waals surface area contributed by atoms with Crippen molar-refractivity contribution in [2.45, 2.75) is 31.2 Å². The minimum Gasteiger partial charge on any atom is -0.496 e. The molecule has 0 radical (unpaired) electrons. The molecule has 0 bridgehead atoms. The van der Waals surface area contributed by atoms with E-state index in [1.807, 2.05) is 0 Å². The standard InChI is InChI=1S/C13H13BrFNO2/c1-18-12-7-11(15)10(14)6-9(12)13(16-8-17)4-2-3-5-13/h6-7H,2-5H2,1H3. The molecule has 1 fully saturated rings. The van der Waals surface area contributed by atoms with E-state index in [0.717, 1.165) is 31.2 Å². The summed E-state index contributed by atoms with van der Waals surface area (Å²) in [4.78, 5) is 14.6. The Hall–Kier alpha value is -1.19. The summed E-state index contributed by atoms with van der Waals surface area (Å²) in [5.41, 5.74) is 0.141. The fourth-order valence-electron chi connectivity index (χ4n) is 2.55. The Bertz CT molecular complexity index is 506. The first-order chi connectivity index (χ1) is 8.63. The lowest BCUT2D eigenvalue weighted by Crippen LogP contribution is -2.20. The maximum atomic E-state index is 13.5. The molecular weight excluding hydrogens is 301 g/mol. The lowest BCUT2D eigenvalue weighted by molar-refractivity contribution is 0.376. The molecule has 0 heterocycles. The molecular formula is C13H13BrFNO2. The van der Waals surface area contributed by atoms with Gasteiger partial charge >= 0.3 is 0 Å². The van der Waals surface area contributed by atoms with Crippen molar-refractivity contribution in [3.63, 3.8) is 0 Å². The van der Waals surface area contributed by atoms with Crippen LogP contribution in [0.25, 0.3) is 0 Å². The summed E-state index contributed by atoms with van der Waals surface area (Å²) in [6.45, 7) is 0. The third kappa shape index (κ3) is 2.20. The van der Waals surface area contributed by atoms with E-state index >= 15 is 0 Å². The van der Waals surface area contributed by atoms with Gasteiger partial charge in [-0.1, -0.05) is 12.8 Å². The fraction of sp³-hybridized carbons (Fsp3) is 0.462. The topological polar surface area (TPSA) is 38.7 Å². The third-order valence-electron chi connectivity index (χ3n) is 3.43. The fourth-order valence-corrected chi connectivity index (χ4v) is 2.89. The summed E-state index contributed by atoms with van der Waals surface area (Å²) in [7, 11) is 1.49. The molecule has 1 aliphatic rings. The predicted octanol–water partition coefficient (Wildman–Crippen LogP) is 3.70. The van der Waals surface area contributed by atoms with Crippen LogP contribution < -0.4 is 4.74 Å². The maximum absolute atomic E-state index is 13.5. The number of ether oxygens (including phenoxy) is 1. The van der Waals surface area contributed by atoms with Crippen LogP contribution in [-0.4, -0.2) is 13.2 Å². The Morgan fingerprint density at radius 1 is 1.44 bits per heavy atom. The summed E-state index contributed by atoms with van der Waals surface area (Å²) >= 11 is 3.16. The third-order valence-corrected chi connectivity index (χ3v) is 4.04. The van der Waals surface area contributed by atoms with E-state index in [1.54, 1.807) is 12.1 Å². The number of methoxy groups -OCH3 is 1. The maximum Gasteiger partial charge on any atom is 0.235 e. The van der Waals surface area contributed by atoms with Crippen LogP contribution in [0.5, 0.6) is 5.75 Å². The van der Waals surface area contributed by atoms with Gasteiger partial charge in [0.25, 0.3) is 0 Å². The molecule has 0 N–H and O–H groups in total. The minimum absolute atomic E-state index is 0.352. The highest BCUT2D eigenvalue weighted by Crippen LogP contribution is 2.46. The molecule has 96 valence electrons. The molecule has 0 amide bonds. The Kier molecular flexibility index (Phi) is 3.83. The van der Waals surface area contributed by atoms with Crippen LogP contribution in [0.3, 0.4) is 0 Å². The number of rotatable bonds is 3. The Morgan fingerprint density at radius 3 is 2.67 bits per heavy atom. The zero-order valence-electron chi connectivity index (χ0n) is 10.0. The molecule has 3 nitrogen and oxygen atoms in total. The average Bonchev–Trinajstić information content (AvgIpc) is 2.82. The van der Waals surface area contributed by atoms with Gasteiger partial charge < -0.3 is 4.74 Å². The van der Waals surface area contributed by atoms with E-state index in [4.69, 9.17) is 4.74 Å². The number of aliphatic imine (C=N–C) groups is 1. The number of carbonyl (C=O) groups excluding carboxylic acids is 1. The van der Waals surface area contributed by atoms with E-state index in [2.05, 4.69) is 20.9 Å². The lowest BCUT2D eigenvalue weighted by Gasteiger charge is -2.25. The summed E-state index contributed by atoms with van der Waals surface area (Å²) in [6.07, 6.45) is 5.14. The van der Waals surface area contributed by atoms with Crippen molar-refractivity contribution in [1.29, 1.82) is 0 Å². The zero-order chi connectivity index (χ0) is 13.2. The molecule has 0 spiro atoms. The highest BCUT2D eigenvalue weighted by molar-refractivity contribution is 9.10. The van der Waals surface area contributed by atoms with Gasteiger partial charge in [0.15, 0.2) is 0 Å². The molecule has 5 heteroatoms. The van der Waals surface area contributed by atoms with Crippen LogP contribution in [0.4, 0.5) is 4.39 Å². The number of halogens is 2. The second-order valence-corrected chi connectivity index (χ2v) is 5.26. The molecule has 0 aliphatic heterocycles. The van der Waals surface area contributed by atoms with Crippen LogP contribution in [0.2, 0.25) is 0 Å². The predicted molar refractivity (Wildman–Crippen MR) is 68.9 cm³/mol. The van der Waals surface area contributed by atoms with E-state index in [9.17, 15) is 9.18 Å². The number of hydrogen-bond acceptors (Lipinski definition) is 3. The lowest BCUT2D eigenvalue weighted by atomic mass is 9.88. The van der Waals surface area contributed by atoms with Gasteiger partial charge in [0.05, 0.1) is 11.6 Å². The van der Waals surface area contributed by atoms with Crippen molar-refractivity contribution in [1.82, 2.24) is 0 Å². The molecule has 1 saturated carbocycles. The largest absolute Gasteiger partial charge is 0.496 e. The number of nitrogens with zero attached hydrogens (tertiary/aromatic N) is 1. The second kappa shape index (κ2) is 5.21. The highest BCUT2D eigenvalue weighted by Gasteiger charge is 2.38. The SMILES string of the molecule is COc1cc(F)c(Br)cc1C1(N=C=O)CCCC1. The molecule has 0 aromatic heterocycles. The van der Waals surface area contributed by atoms with Crippen molar-refractivity contribution < 1.29 is 13.9 Å². The van der Waals surface area contributed by atoms with Gasteiger partial charge in [-0.05, 0) is 34.8 Å². The van der Waals surface area contributed by atoms with Crippen molar-refractivity contribution in [3.05, 3.63) is 28.0 Å². The Morgan fingerprint density at radius 2 is 2.11 bits per heavy atom. The van der Waals surface area contributed by atoms with Gasteiger partial charge in [0.1, 0.15) is 17.1 Å². The molecule has 18 heavy (non-hydrogen) atoms. The second-order valence-electron chi connectivity index (χ2n) is 4.41. The van der Waals surface area contributed by atoms with E-state index in [0.29, 0.717) is 10.2 Å². The molecule has 0 unspecified atom stereocenters. The van der Waals surface area contributed by atoms with Crippen molar-refractivity contribution in [3.8, 4) is 5.75 Å². The molecule has 0 saturated heterocycles. The van der Waals surface area contributed by atoms with Crippen LogP contribution in [0, 0.1) is 5.82 Å². The van der Waals surface area contributed by atoms with E-state index in [1.165, 1.54) is 13.2 Å².